The number of anilines is 1. The number of amides is 2. The van der Waals surface area contributed by atoms with E-state index in [0.29, 0.717) is 11.4 Å². The molecular weight excluding hydrogens is 250 g/mol. The van der Waals surface area contributed by atoms with Gasteiger partial charge in [0.15, 0.2) is 5.82 Å². The average molecular weight is 263 g/mol. The molecule has 0 saturated carbocycles. The Labute approximate surface area is 108 Å². The van der Waals surface area contributed by atoms with Gasteiger partial charge in [-0.2, -0.15) is 0 Å². The third kappa shape index (κ3) is 2.45. The lowest BCUT2D eigenvalue weighted by molar-refractivity contribution is -0.114. The third-order valence-electron chi connectivity index (χ3n) is 2.61. The molecule has 0 bridgehead atoms. The minimum atomic E-state index is -0.542. The molecule has 1 aliphatic rings. The molecule has 19 heavy (non-hydrogen) atoms. The van der Waals surface area contributed by atoms with Gasteiger partial charge in [0.2, 0.25) is 5.91 Å². The number of nitrogens with one attached hydrogen (secondary N) is 1. The Morgan fingerprint density at radius 1 is 1.42 bits per heavy atom. The number of hydrogen-bond donors (Lipinski definition) is 3. The molecule has 2 heterocycles. The number of hydrogen-bond acceptors (Lipinski definition) is 7. The topological polar surface area (TPSA) is 130 Å². The maximum absolute atomic E-state index is 11.4. The fourth-order valence-electron chi connectivity index (χ4n) is 1.66. The van der Waals surface area contributed by atoms with Crippen LogP contribution in [0.5, 0.6) is 0 Å². The summed E-state index contributed by atoms with van der Waals surface area (Å²) in [6.07, 6.45) is 4.37. The summed E-state index contributed by atoms with van der Waals surface area (Å²) in [5.74, 6) is 4.40. The molecule has 0 unspecified atom stereocenters. The molecule has 0 saturated heterocycles. The second-order valence-corrected chi connectivity index (χ2v) is 3.89. The highest BCUT2D eigenvalue weighted by molar-refractivity contribution is 5.94. The molecule has 100 valence electrons. The molecule has 2 rings (SSSR count). The SMILES string of the molecule is CN1C=C(C(N)=O)CN1c1cncc(C(=O)NN)n1. The molecule has 1 aliphatic heterocycles. The highest BCUT2D eigenvalue weighted by Crippen LogP contribution is 2.19. The van der Waals surface area contributed by atoms with Crippen LogP contribution in [0.3, 0.4) is 0 Å². The minimum Gasteiger partial charge on any atom is -0.366 e. The molecule has 1 aromatic heterocycles. The fourth-order valence-corrected chi connectivity index (χ4v) is 1.66. The first-order valence-electron chi connectivity index (χ1n) is 5.36. The lowest BCUT2D eigenvalue weighted by Crippen LogP contribution is -2.35. The van der Waals surface area contributed by atoms with E-state index in [1.807, 2.05) is 5.43 Å². The van der Waals surface area contributed by atoms with Gasteiger partial charge in [0.05, 0.1) is 24.5 Å². The van der Waals surface area contributed by atoms with Crippen LogP contribution < -0.4 is 22.0 Å². The summed E-state index contributed by atoms with van der Waals surface area (Å²) < 4.78 is 0. The van der Waals surface area contributed by atoms with Crippen molar-refractivity contribution in [3.05, 3.63) is 29.9 Å². The van der Waals surface area contributed by atoms with Gasteiger partial charge in [-0.15, -0.1) is 0 Å². The van der Waals surface area contributed by atoms with Crippen LogP contribution in [-0.2, 0) is 4.79 Å². The molecule has 5 N–H and O–H groups in total. The van der Waals surface area contributed by atoms with Gasteiger partial charge >= 0.3 is 0 Å². The van der Waals surface area contributed by atoms with E-state index in [1.54, 1.807) is 23.3 Å². The minimum absolute atomic E-state index is 0.0842. The van der Waals surface area contributed by atoms with Crippen LogP contribution in [0, 0.1) is 0 Å². The number of aromatic nitrogens is 2. The van der Waals surface area contributed by atoms with Crippen LogP contribution in [0.4, 0.5) is 5.82 Å². The van der Waals surface area contributed by atoms with Crippen molar-refractivity contribution in [3.8, 4) is 0 Å². The number of rotatable bonds is 3. The molecule has 9 nitrogen and oxygen atoms in total. The number of primary amides is 1. The molecule has 0 radical (unpaired) electrons. The van der Waals surface area contributed by atoms with Gasteiger partial charge < -0.3 is 5.73 Å². The van der Waals surface area contributed by atoms with E-state index >= 15 is 0 Å². The van der Waals surface area contributed by atoms with Gasteiger partial charge in [-0.3, -0.25) is 30.0 Å². The zero-order valence-electron chi connectivity index (χ0n) is 10.2. The predicted octanol–water partition coefficient (Wildman–Crippen LogP) is -1.88. The van der Waals surface area contributed by atoms with Crippen molar-refractivity contribution in [3.63, 3.8) is 0 Å². The number of carbonyl (C=O) groups excluding carboxylic acids is 2. The number of nitrogens with two attached hydrogens (primary N) is 2. The van der Waals surface area contributed by atoms with Crippen LogP contribution >= 0.6 is 0 Å². The van der Waals surface area contributed by atoms with Crippen molar-refractivity contribution in [2.45, 2.75) is 0 Å². The van der Waals surface area contributed by atoms with Gasteiger partial charge in [-0.1, -0.05) is 0 Å². The highest BCUT2D eigenvalue weighted by Gasteiger charge is 2.24. The molecule has 9 heteroatoms. The number of hydrazine groups is 2. The zero-order valence-corrected chi connectivity index (χ0v) is 10.2. The van der Waals surface area contributed by atoms with Gasteiger partial charge in [0, 0.05) is 13.2 Å². The van der Waals surface area contributed by atoms with E-state index in [4.69, 9.17) is 11.6 Å². The first kappa shape index (κ1) is 12.8. The van der Waals surface area contributed by atoms with Crippen molar-refractivity contribution in [1.29, 1.82) is 0 Å². The molecule has 0 aromatic carbocycles. The third-order valence-corrected chi connectivity index (χ3v) is 2.61. The van der Waals surface area contributed by atoms with Crippen molar-refractivity contribution < 1.29 is 9.59 Å². The number of nitrogen functional groups attached to an aromatic ring is 1. The largest absolute Gasteiger partial charge is 0.366 e. The Bertz CT molecular complexity index is 557. The molecular formula is C10H13N7O2. The highest BCUT2D eigenvalue weighted by atomic mass is 16.2. The van der Waals surface area contributed by atoms with Crippen molar-refractivity contribution >= 4 is 17.6 Å². The Morgan fingerprint density at radius 3 is 2.74 bits per heavy atom. The lowest BCUT2D eigenvalue weighted by Gasteiger charge is -2.25. The van der Waals surface area contributed by atoms with Gasteiger partial charge in [0.1, 0.15) is 5.69 Å². The Balaban J connectivity index is 2.25. The zero-order chi connectivity index (χ0) is 14.0. The molecule has 0 atom stereocenters. The van der Waals surface area contributed by atoms with Crippen LogP contribution in [0.2, 0.25) is 0 Å². The molecule has 1 aromatic rings. The van der Waals surface area contributed by atoms with E-state index in [9.17, 15) is 9.59 Å². The summed E-state index contributed by atoms with van der Waals surface area (Å²) in [4.78, 5) is 30.5. The molecule has 0 spiro atoms. The second kappa shape index (κ2) is 4.90. The summed E-state index contributed by atoms with van der Waals surface area (Å²) in [6.45, 7) is 0.272. The second-order valence-electron chi connectivity index (χ2n) is 3.89. The summed E-state index contributed by atoms with van der Waals surface area (Å²) >= 11 is 0. The Hall–Kier alpha value is -2.68. The molecule has 0 fully saturated rings. The first-order valence-corrected chi connectivity index (χ1v) is 5.36. The molecule has 0 aliphatic carbocycles. The Kier molecular flexibility index (Phi) is 3.29. The average Bonchev–Trinajstić information content (AvgIpc) is 2.80. The predicted molar refractivity (Wildman–Crippen MR) is 66.1 cm³/mol. The number of nitrogens with zero attached hydrogens (tertiary/aromatic N) is 4. The summed E-state index contributed by atoms with van der Waals surface area (Å²) in [6, 6.07) is 0. The maximum Gasteiger partial charge on any atom is 0.285 e. The quantitative estimate of drug-likeness (QED) is 0.330. The van der Waals surface area contributed by atoms with E-state index in [1.165, 1.54) is 12.4 Å². The van der Waals surface area contributed by atoms with E-state index in [-0.39, 0.29) is 12.2 Å². The van der Waals surface area contributed by atoms with Gasteiger partial charge in [-0.25, -0.2) is 10.8 Å². The van der Waals surface area contributed by atoms with Crippen molar-refractivity contribution in [2.24, 2.45) is 11.6 Å². The van der Waals surface area contributed by atoms with Crippen molar-refractivity contribution in [2.75, 3.05) is 18.6 Å². The summed E-state index contributed by atoms with van der Waals surface area (Å²) in [5.41, 5.74) is 7.73. The first-order chi connectivity index (χ1) is 9.02. The van der Waals surface area contributed by atoms with Gasteiger partial charge in [-0.05, 0) is 0 Å². The monoisotopic (exact) mass is 263 g/mol. The van der Waals surface area contributed by atoms with Crippen LogP contribution in [-0.4, -0.2) is 40.4 Å². The fraction of sp³-hybridized carbons (Fsp3) is 0.200. The van der Waals surface area contributed by atoms with E-state index in [2.05, 4.69) is 9.97 Å². The maximum atomic E-state index is 11.4. The van der Waals surface area contributed by atoms with E-state index < -0.39 is 11.8 Å². The summed E-state index contributed by atoms with van der Waals surface area (Å²) in [5, 5.41) is 3.30. The van der Waals surface area contributed by atoms with E-state index in [0.717, 1.165) is 0 Å². The summed E-state index contributed by atoms with van der Waals surface area (Å²) in [7, 11) is 1.73. The van der Waals surface area contributed by atoms with Crippen LogP contribution in [0.1, 0.15) is 10.5 Å². The van der Waals surface area contributed by atoms with Gasteiger partial charge in [0.25, 0.3) is 5.91 Å². The Morgan fingerprint density at radius 2 is 2.16 bits per heavy atom. The van der Waals surface area contributed by atoms with Crippen LogP contribution in [0.25, 0.3) is 0 Å². The molecule has 2 amide bonds. The van der Waals surface area contributed by atoms with Crippen LogP contribution in [0.15, 0.2) is 24.2 Å². The number of carbonyl (C=O) groups is 2. The normalized spacial score (nSPS) is 14.3. The smallest absolute Gasteiger partial charge is 0.285 e. The van der Waals surface area contributed by atoms with Crippen molar-refractivity contribution in [1.82, 2.24) is 20.4 Å². The lowest BCUT2D eigenvalue weighted by atomic mass is 10.3. The standard InChI is InChI=1S/C10H13N7O2/c1-16-4-6(9(11)18)5-17(16)8-3-13-2-7(14-8)10(19)15-12/h2-4H,5,12H2,1H3,(H2,11,18)(H,15,19).